The maximum absolute atomic E-state index is 13.8. The Labute approximate surface area is 224 Å². The molecule has 1 saturated carbocycles. The summed E-state index contributed by atoms with van der Waals surface area (Å²) in [5, 5.41) is 4.65. The van der Waals surface area contributed by atoms with Crippen molar-refractivity contribution in [2.24, 2.45) is 0 Å². The Kier molecular flexibility index (Phi) is 6.35. The number of halogens is 3. The van der Waals surface area contributed by atoms with E-state index in [0.717, 1.165) is 30.3 Å². The first-order chi connectivity index (χ1) is 18.7. The maximum Gasteiger partial charge on any atom is 0.416 e. The largest absolute Gasteiger partial charge is 0.416 e. The molecule has 1 amide bonds. The molecule has 1 aliphatic carbocycles. The number of carbonyl (C=O) groups excluding carboxylic acids is 2. The number of anilines is 2. The molecule has 204 valence electrons. The maximum atomic E-state index is 13.8. The summed E-state index contributed by atoms with van der Waals surface area (Å²) < 4.78 is 42.7. The SMILES string of the molecule is Nc1ccc(N2CCC(=O)CC2n2ncc(C(=O)N3CCC(c4ccccc4C(F)(F)F)C3)c2C2CC2)cc1. The van der Waals surface area contributed by atoms with Crippen molar-refractivity contribution in [2.45, 2.75) is 56.3 Å². The van der Waals surface area contributed by atoms with Gasteiger partial charge in [0.2, 0.25) is 0 Å². The molecule has 0 radical (unpaired) electrons. The molecule has 3 heterocycles. The Morgan fingerprint density at radius 2 is 1.72 bits per heavy atom. The molecule has 3 fully saturated rings. The van der Waals surface area contributed by atoms with Crippen molar-refractivity contribution in [1.82, 2.24) is 14.7 Å². The van der Waals surface area contributed by atoms with E-state index in [1.807, 2.05) is 28.9 Å². The molecule has 7 nitrogen and oxygen atoms in total. The van der Waals surface area contributed by atoms with E-state index in [4.69, 9.17) is 5.73 Å². The summed E-state index contributed by atoms with van der Waals surface area (Å²) in [4.78, 5) is 30.1. The predicted molar refractivity (Wildman–Crippen MR) is 140 cm³/mol. The molecule has 2 aliphatic heterocycles. The molecular weight excluding hydrogens is 507 g/mol. The van der Waals surface area contributed by atoms with Crippen molar-refractivity contribution in [3.8, 4) is 0 Å². The first-order valence-electron chi connectivity index (χ1n) is 13.4. The fourth-order valence-corrected chi connectivity index (χ4v) is 6.01. The number of benzene rings is 2. The molecule has 2 N–H and O–H groups in total. The number of piperidine rings is 1. The van der Waals surface area contributed by atoms with Gasteiger partial charge in [0, 0.05) is 55.7 Å². The fraction of sp³-hybridized carbons (Fsp3) is 0.414. The van der Waals surface area contributed by atoms with Crippen LogP contribution >= 0.6 is 0 Å². The molecule has 0 bridgehead atoms. The molecular formula is C29H30F3N5O2. The van der Waals surface area contributed by atoms with Gasteiger partial charge in [0.15, 0.2) is 0 Å². The Bertz CT molecular complexity index is 1400. The highest BCUT2D eigenvalue weighted by molar-refractivity contribution is 5.96. The van der Waals surface area contributed by atoms with Crippen LogP contribution in [-0.2, 0) is 11.0 Å². The molecule has 3 aromatic rings. The van der Waals surface area contributed by atoms with Gasteiger partial charge in [0.1, 0.15) is 11.9 Å². The molecule has 0 spiro atoms. The van der Waals surface area contributed by atoms with E-state index in [1.54, 1.807) is 17.2 Å². The Hall–Kier alpha value is -3.82. The quantitative estimate of drug-likeness (QED) is 0.443. The van der Waals surface area contributed by atoms with Gasteiger partial charge in [-0.25, -0.2) is 4.68 Å². The zero-order valence-corrected chi connectivity index (χ0v) is 21.4. The van der Waals surface area contributed by atoms with Gasteiger partial charge in [-0.05, 0) is 55.2 Å². The van der Waals surface area contributed by atoms with Gasteiger partial charge in [-0.3, -0.25) is 9.59 Å². The highest BCUT2D eigenvalue weighted by atomic mass is 19.4. The number of hydrogen-bond donors (Lipinski definition) is 1. The molecule has 6 rings (SSSR count). The number of ketones is 1. The first-order valence-corrected chi connectivity index (χ1v) is 13.4. The van der Waals surface area contributed by atoms with Gasteiger partial charge < -0.3 is 15.5 Å². The number of rotatable bonds is 5. The molecule has 10 heteroatoms. The summed E-state index contributed by atoms with van der Waals surface area (Å²) >= 11 is 0. The molecule has 2 aromatic carbocycles. The molecule has 39 heavy (non-hydrogen) atoms. The molecule has 2 saturated heterocycles. The lowest BCUT2D eigenvalue weighted by Gasteiger charge is -2.37. The lowest BCUT2D eigenvalue weighted by Crippen LogP contribution is -2.41. The number of alkyl halides is 3. The second-order valence-corrected chi connectivity index (χ2v) is 10.7. The van der Waals surface area contributed by atoms with Gasteiger partial charge in [-0.1, -0.05) is 18.2 Å². The normalized spacial score (nSPS) is 22.0. The number of carbonyl (C=O) groups is 2. The number of amides is 1. The molecule has 3 aliphatic rings. The lowest BCUT2D eigenvalue weighted by atomic mass is 9.93. The highest BCUT2D eigenvalue weighted by Gasteiger charge is 2.41. The summed E-state index contributed by atoms with van der Waals surface area (Å²) in [6, 6.07) is 13.1. The van der Waals surface area contributed by atoms with E-state index in [1.165, 1.54) is 12.1 Å². The van der Waals surface area contributed by atoms with Gasteiger partial charge in [-0.15, -0.1) is 0 Å². The molecule has 1 aromatic heterocycles. The summed E-state index contributed by atoms with van der Waals surface area (Å²) in [6.45, 7) is 1.14. The summed E-state index contributed by atoms with van der Waals surface area (Å²) in [5.41, 5.74) is 8.36. The van der Waals surface area contributed by atoms with Crippen LogP contribution in [-0.4, -0.2) is 46.0 Å². The third-order valence-electron chi connectivity index (χ3n) is 8.12. The van der Waals surface area contributed by atoms with E-state index < -0.39 is 11.7 Å². The van der Waals surface area contributed by atoms with E-state index >= 15 is 0 Å². The van der Waals surface area contributed by atoms with Crippen molar-refractivity contribution in [2.75, 3.05) is 30.3 Å². The van der Waals surface area contributed by atoms with Gasteiger partial charge in [0.25, 0.3) is 5.91 Å². The number of nitrogens with zero attached hydrogens (tertiary/aromatic N) is 4. The predicted octanol–water partition coefficient (Wildman–Crippen LogP) is 5.36. The Morgan fingerprint density at radius 3 is 2.44 bits per heavy atom. The van der Waals surface area contributed by atoms with Crippen LogP contribution in [0.25, 0.3) is 0 Å². The van der Waals surface area contributed by atoms with Crippen molar-refractivity contribution >= 4 is 23.1 Å². The standard InChI is InChI=1S/C29H30F3N5O2/c30-29(31,32)25-4-2-1-3-23(25)19-11-13-35(17-19)28(39)24-16-34-37(27(24)18-5-6-18)26-15-22(38)12-14-36(26)21-9-7-20(33)8-10-21/h1-4,7-10,16,18-19,26H,5-6,11-15,17,33H2. The summed E-state index contributed by atoms with van der Waals surface area (Å²) in [5.74, 6) is -0.289. The van der Waals surface area contributed by atoms with Crippen LogP contribution in [0.2, 0.25) is 0 Å². The van der Waals surface area contributed by atoms with Crippen LogP contribution in [0, 0.1) is 0 Å². The number of nitrogens with two attached hydrogens (primary N) is 1. The van der Waals surface area contributed by atoms with Crippen molar-refractivity contribution in [3.63, 3.8) is 0 Å². The van der Waals surface area contributed by atoms with Crippen LogP contribution in [0.1, 0.15) is 77.3 Å². The second kappa shape index (κ2) is 9.73. The van der Waals surface area contributed by atoms with Gasteiger partial charge in [0.05, 0.1) is 23.0 Å². The van der Waals surface area contributed by atoms with Crippen LogP contribution in [0.15, 0.2) is 54.7 Å². The van der Waals surface area contributed by atoms with E-state index in [2.05, 4.69) is 10.00 Å². The Balaban J connectivity index is 1.29. The van der Waals surface area contributed by atoms with Crippen molar-refractivity contribution in [3.05, 3.63) is 77.1 Å². The number of aromatic nitrogens is 2. The van der Waals surface area contributed by atoms with Crippen molar-refractivity contribution < 1.29 is 22.8 Å². The van der Waals surface area contributed by atoms with E-state index in [0.29, 0.717) is 37.2 Å². The van der Waals surface area contributed by atoms with E-state index in [-0.39, 0.29) is 48.2 Å². The average Bonchev–Trinajstić information content (AvgIpc) is 3.46. The first kappa shape index (κ1) is 25.5. The highest BCUT2D eigenvalue weighted by Crippen LogP contribution is 2.45. The Morgan fingerprint density at radius 1 is 0.974 bits per heavy atom. The zero-order valence-electron chi connectivity index (χ0n) is 21.4. The average molecular weight is 538 g/mol. The topological polar surface area (TPSA) is 84.5 Å². The number of Topliss-reactive ketones (excluding diaryl/α,β-unsaturated/α-hetero) is 1. The lowest BCUT2D eigenvalue weighted by molar-refractivity contribution is -0.138. The van der Waals surface area contributed by atoms with Gasteiger partial charge >= 0.3 is 6.18 Å². The molecule has 2 unspecified atom stereocenters. The number of hydrogen-bond acceptors (Lipinski definition) is 5. The van der Waals surface area contributed by atoms with Crippen LogP contribution < -0.4 is 10.6 Å². The fourth-order valence-electron chi connectivity index (χ4n) is 6.01. The molecule has 2 atom stereocenters. The van der Waals surface area contributed by atoms with Gasteiger partial charge in [-0.2, -0.15) is 18.3 Å². The van der Waals surface area contributed by atoms with Crippen molar-refractivity contribution in [1.29, 1.82) is 0 Å². The van der Waals surface area contributed by atoms with E-state index in [9.17, 15) is 22.8 Å². The van der Waals surface area contributed by atoms with Crippen LogP contribution in [0.4, 0.5) is 24.5 Å². The zero-order chi connectivity index (χ0) is 27.3. The summed E-state index contributed by atoms with van der Waals surface area (Å²) in [6.07, 6.45) is -0.201. The third-order valence-corrected chi connectivity index (χ3v) is 8.12. The van der Waals surface area contributed by atoms with Crippen LogP contribution in [0.3, 0.4) is 0 Å². The number of nitrogen functional groups attached to an aromatic ring is 1. The minimum atomic E-state index is -4.44. The minimum absolute atomic E-state index is 0.141. The minimum Gasteiger partial charge on any atom is -0.399 e. The number of likely N-dealkylation sites (tertiary alicyclic amines) is 1. The summed E-state index contributed by atoms with van der Waals surface area (Å²) in [7, 11) is 0. The second-order valence-electron chi connectivity index (χ2n) is 10.7. The smallest absolute Gasteiger partial charge is 0.399 e. The monoisotopic (exact) mass is 537 g/mol. The third kappa shape index (κ3) is 4.88. The van der Waals surface area contributed by atoms with Crippen LogP contribution in [0.5, 0.6) is 0 Å².